The van der Waals surface area contributed by atoms with Crippen LogP contribution in [-0.2, 0) is 4.79 Å². The van der Waals surface area contributed by atoms with Gasteiger partial charge in [0.1, 0.15) is 6.10 Å². The van der Waals surface area contributed by atoms with Gasteiger partial charge in [0.2, 0.25) is 11.8 Å². The molecule has 2 unspecified atom stereocenters. The van der Waals surface area contributed by atoms with Crippen molar-refractivity contribution in [2.45, 2.75) is 49.9 Å². The normalized spacial score (nSPS) is 24.1. The Labute approximate surface area is 145 Å². The Morgan fingerprint density at radius 3 is 3.09 bits per heavy atom. The monoisotopic (exact) mass is 353 g/mol. The van der Waals surface area contributed by atoms with E-state index in [0.29, 0.717) is 18.8 Å². The van der Waals surface area contributed by atoms with Crippen LogP contribution in [0, 0.1) is 0 Å². The molecule has 1 aromatic heterocycles. The first-order valence-electron chi connectivity index (χ1n) is 8.30. The van der Waals surface area contributed by atoms with Gasteiger partial charge in [0.05, 0.1) is 12.7 Å². The summed E-state index contributed by atoms with van der Waals surface area (Å²) in [6.45, 7) is 1.46. The summed E-state index contributed by atoms with van der Waals surface area (Å²) in [6.07, 6.45) is 11.2. The molecule has 0 aliphatic carbocycles. The van der Waals surface area contributed by atoms with Crippen molar-refractivity contribution in [1.82, 2.24) is 14.9 Å². The number of hydrogen-bond donors (Lipinski definition) is 0. The Bertz CT molecular complexity index is 497. The highest BCUT2D eigenvalue weighted by molar-refractivity contribution is 8.77. The van der Waals surface area contributed by atoms with E-state index in [9.17, 15) is 4.79 Å². The van der Waals surface area contributed by atoms with Crippen LogP contribution in [0.3, 0.4) is 0 Å². The number of carbonyl (C=O) groups is 1. The number of amides is 1. The number of hydrogen-bond acceptors (Lipinski definition) is 6. The van der Waals surface area contributed by atoms with E-state index < -0.39 is 0 Å². The van der Waals surface area contributed by atoms with Gasteiger partial charge in [0.15, 0.2) is 0 Å². The van der Waals surface area contributed by atoms with E-state index in [1.807, 2.05) is 26.5 Å². The average Bonchev–Trinajstić information content (AvgIpc) is 3.24. The van der Waals surface area contributed by atoms with Crippen molar-refractivity contribution in [2.24, 2.45) is 0 Å². The van der Waals surface area contributed by atoms with E-state index in [1.54, 1.807) is 18.6 Å². The highest BCUT2D eigenvalue weighted by atomic mass is 33.1. The van der Waals surface area contributed by atoms with Gasteiger partial charge in [-0.25, -0.2) is 4.98 Å². The van der Waals surface area contributed by atoms with Gasteiger partial charge < -0.3 is 9.64 Å². The quantitative estimate of drug-likeness (QED) is 0.554. The molecule has 2 atom stereocenters. The van der Waals surface area contributed by atoms with Crippen molar-refractivity contribution >= 4 is 27.5 Å². The summed E-state index contributed by atoms with van der Waals surface area (Å²) in [5, 5.41) is 0.812. The Hall–Kier alpha value is -0.950. The minimum absolute atomic E-state index is 0.0440. The number of likely N-dealkylation sites (tertiary alicyclic amines) is 1. The second-order valence-electron chi connectivity index (χ2n) is 5.99. The number of rotatable bonds is 7. The molecular weight excluding hydrogens is 330 g/mol. The van der Waals surface area contributed by atoms with Gasteiger partial charge in [-0.2, -0.15) is 0 Å². The van der Waals surface area contributed by atoms with Crippen molar-refractivity contribution in [2.75, 3.05) is 18.8 Å². The molecule has 5 nitrogen and oxygen atoms in total. The predicted molar refractivity (Wildman–Crippen MR) is 94.6 cm³/mol. The lowest BCUT2D eigenvalue weighted by Crippen LogP contribution is -2.30. The summed E-state index contributed by atoms with van der Waals surface area (Å²) < 4.78 is 5.78. The largest absolute Gasteiger partial charge is 0.471 e. The zero-order valence-electron chi connectivity index (χ0n) is 13.2. The molecule has 0 spiro atoms. The van der Waals surface area contributed by atoms with Crippen molar-refractivity contribution in [3.8, 4) is 5.88 Å². The first-order chi connectivity index (χ1) is 11.3. The van der Waals surface area contributed by atoms with Crippen LogP contribution in [0.1, 0.15) is 38.5 Å². The highest BCUT2D eigenvalue weighted by Crippen LogP contribution is 2.39. The predicted octanol–water partition coefficient (Wildman–Crippen LogP) is 3.17. The van der Waals surface area contributed by atoms with Gasteiger partial charge in [-0.1, -0.05) is 28.0 Å². The van der Waals surface area contributed by atoms with Gasteiger partial charge in [0, 0.05) is 42.8 Å². The van der Waals surface area contributed by atoms with Crippen molar-refractivity contribution in [3.05, 3.63) is 18.6 Å². The minimum Gasteiger partial charge on any atom is -0.471 e. The fraction of sp³-hybridized carbons (Fsp3) is 0.688. The molecule has 2 aliphatic heterocycles. The van der Waals surface area contributed by atoms with Gasteiger partial charge in [-0.15, -0.1) is 0 Å². The lowest BCUT2D eigenvalue weighted by molar-refractivity contribution is -0.130. The van der Waals surface area contributed by atoms with Crippen LogP contribution in [0.5, 0.6) is 5.88 Å². The van der Waals surface area contributed by atoms with Crippen LogP contribution in [0.15, 0.2) is 18.6 Å². The lowest BCUT2D eigenvalue weighted by atomic mass is 10.1. The zero-order chi connectivity index (χ0) is 15.9. The second-order valence-corrected chi connectivity index (χ2v) is 8.77. The summed E-state index contributed by atoms with van der Waals surface area (Å²) in [4.78, 5) is 22.3. The molecule has 126 valence electrons. The third kappa shape index (κ3) is 5.28. The van der Waals surface area contributed by atoms with Crippen molar-refractivity contribution in [1.29, 1.82) is 0 Å². The number of ether oxygens (including phenoxy) is 1. The highest BCUT2D eigenvalue weighted by Gasteiger charge is 2.27. The maximum atomic E-state index is 12.3. The standard InChI is InChI=1S/C16H23N3O2S2/c20-16(4-2-1-3-14-6-10-22-23-14)19-9-5-13(12-19)21-15-11-17-7-8-18-15/h7-8,11,13-14H,1-6,9-10,12H2. The summed E-state index contributed by atoms with van der Waals surface area (Å²) in [7, 11) is 4.01. The van der Waals surface area contributed by atoms with E-state index in [2.05, 4.69) is 9.97 Å². The summed E-state index contributed by atoms with van der Waals surface area (Å²) in [5.74, 6) is 2.09. The third-order valence-corrected chi connectivity index (χ3v) is 7.23. The summed E-state index contributed by atoms with van der Waals surface area (Å²) >= 11 is 0. The molecular formula is C16H23N3O2S2. The van der Waals surface area contributed by atoms with Gasteiger partial charge >= 0.3 is 0 Å². The number of nitrogens with zero attached hydrogens (tertiary/aromatic N) is 3. The van der Waals surface area contributed by atoms with Gasteiger partial charge in [0.25, 0.3) is 0 Å². The molecule has 0 bridgehead atoms. The Morgan fingerprint density at radius 1 is 1.35 bits per heavy atom. The smallest absolute Gasteiger partial charge is 0.232 e. The average molecular weight is 354 g/mol. The molecule has 23 heavy (non-hydrogen) atoms. The maximum Gasteiger partial charge on any atom is 0.232 e. The molecule has 1 aromatic rings. The number of unbranched alkanes of at least 4 members (excludes halogenated alkanes) is 1. The molecule has 7 heteroatoms. The summed E-state index contributed by atoms with van der Waals surface area (Å²) in [6, 6.07) is 0. The Kier molecular flexibility index (Phi) is 6.45. The molecule has 0 saturated carbocycles. The van der Waals surface area contributed by atoms with E-state index in [0.717, 1.165) is 31.1 Å². The van der Waals surface area contributed by atoms with Gasteiger partial charge in [-0.05, 0) is 19.3 Å². The van der Waals surface area contributed by atoms with Crippen molar-refractivity contribution in [3.63, 3.8) is 0 Å². The van der Waals surface area contributed by atoms with E-state index in [4.69, 9.17) is 4.74 Å². The van der Waals surface area contributed by atoms with E-state index in [1.165, 1.54) is 18.6 Å². The molecule has 0 radical (unpaired) electrons. The van der Waals surface area contributed by atoms with Crippen LogP contribution in [0.4, 0.5) is 0 Å². The molecule has 3 rings (SSSR count). The Morgan fingerprint density at radius 2 is 2.30 bits per heavy atom. The van der Waals surface area contributed by atoms with Crippen molar-refractivity contribution < 1.29 is 9.53 Å². The third-order valence-electron chi connectivity index (χ3n) is 4.22. The summed E-state index contributed by atoms with van der Waals surface area (Å²) in [5.41, 5.74) is 0. The van der Waals surface area contributed by atoms with E-state index in [-0.39, 0.29) is 12.0 Å². The molecule has 2 fully saturated rings. The number of aromatic nitrogens is 2. The van der Waals surface area contributed by atoms with Crippen LogP contribution in [0.25, 0.3) is 0 Å². The van der Waals surface area contributed by atoms with Crippen LogP contribution in [0.2, 0.25) is 0 Å². The molecule has 0 N–H and O–H groups in total. The SMILES string of the molecule is O=C(CCCCC1CCSS1)N1CCC(Oc2cnccn2)C1. The fourth-order valence-corrected chi connectivity index (χ4v) is 5.97. The van der Waals surface area contributed by atoms with Crippen LogP contribution >= 0.6 is 21.6 Å². The molecule has 2 saturated heterocycles. The maximum absolute atomic E-state index is 12.3. The van der Waals surface area contributed by atoms with Crippen LogP contribution < -0.4 is 4.74 Å². The lowest BCUT2D eigenvalue weighted by Gasteiger charge is -2.17. The second kappa shape index (κ2) is 8.78. The van der Waals surface area contributed by atoms with Gasteiger partial charge in [-0.3, -0.25) is 9.78 Å². The molecule has 0 aromatic carbocycles. The topological polar surface area (TPSA) is 55.3 Å². The first kappa shape index (κ1) is 16.9. The molecule has 1 amide bonds. The fourth-order valence-electron chi connectivity index (χ4n) is 2.94. The van der Waals surface area contributed by atoms with Crippen LogP contribution in [-0.4, -0.2) is 51.0 Å². The zero-order valence-corrected chi connectivity index (χ0v) is 14.9. The number of carbonyl (C=O) groups excluding carboxylic acids is 1. The van der Waals surface area contributed by atoms with E-state index >= 15 is 0 Å². The first-order valence-corrected chi connectivity index (χ1v) is 10.7. The molecule has 2 aliphatic rings. The molecule has 3 heterocycles. The Balaban J connectivity index is 1.32. The minimum atomic E-state index is 0.0440.